The van der Waals surface area contributed by atoms with Crippen molar-refractivity contribution in [2.75, 3.05) is 19.1 Å². The standard InChI is InChI=1S/C20H17F2N3O3/c1-27-10-11-5-15(28-2)17(22)18(16(11)21)25-9-12-8-24-13(7-23)6-14(12)20(3-4-20)19(25)26/h5-6,8H,3-4,9-10H2,1-2H3. The lowest BCUT2D eigenvalue weighted by molar-refractivity contribution is -0.121. The van der Waals surface area contributed by atoms with Gasteiger partial charge in [-0.3, -0.25) is 4.79 Å². The average molecular weight is 385 g/mol. The minimum absolute atomic E-state index is 0.0396. The Labute approximate surface area is 160 Å². The number of hydrogen-bond acceptors (Lipinski definition) is 5. The van der Waals surface area contributed by atoms with Crippen molar-refractivity contribution >= 4 is 11.6 Å². The number of carbonyl (C=O) groups is 1. The molecule has 28 heavy (non-hydrogen) atoms. The first-order valence-corrected chi connectivity index (χ1v) is 8.72. The first-order valence-electron chi connectivity index (χ1n) is 8.72. The van der Waals surface area contributed by atoms with Gasteiger partial charge >= 0.3 is 0 Å². The summed E-state index contributed by atoms with van der Waals surface area (Å²) in [7, 11) is 2.68. The normalized spacial score (nSPS) is 16.7. The van der Waals surface area contributed by atoms with Gasteiger partial charge in [-0.15, -0.1) is 0 Å². The molecule has 1 spiro atoms. The summed E-state index contributed by atoms with van der Waals surface area (Å²) in [4.78, 5) is 18.4. The molecule has 1 aromatic carbocycles. The Morgan fingerprint density at radius 1 is 1.29 bits per heavy atom. The Morgan fingerprint density at radius 3 is 2.64 bits per heavy atom. The van der Waals surface area contributed by atoms with Crippen molar-refractivity contribution in [1.29, 1.82) is 5.26 Å². The van der Waals surface area contributed by atoms with E-state index in [4.69, 9.17) is 14.7 Å². The van der Waals surface area contributed by atoms with Gasteiger partial charge in [0.1, 0.15) is 17.5 Å². The van der Waals surface area contributed by atoms with Gasteiger partial charge < -0.3 is 14.4 Å². The zero-order chi connectivity index (χ0) is 20.1. The van der Waals surface area contributed by atoms with Crippen LogP contribution in [0.2, 0.25) is 0 Å². The molecule has 0 saturated heterocycles. The number of pyridine rings is 1. The molecular formula is C20H17F2N3O3. The molecule has 144 valence electrons. The molecule has 0 unspecified atom stereocenters. The first kappa shape index (κ1) is 18.3. The fraction of sp³-hybridized carbons (Fsp3) is 0.350. The van der Waals surface area contributed by atoms with Gasteiger partial charge in [-0.2, -0.15) is 5.26 Å². The highest BCUT2D eigenvalue weighted by atomic mass is 19.1. The fourth-order valence-corrected chi connectivity index (χ4v) is 3.82. The third-order valence-corrected chi connectivity index (χ3v) is 5.36. The highest BCUT2D eigenvalue weighted by Crippen LogP contribution is 2.54. The summed E-state index contributed by atoms with van der Waals surface area (Å²) in [5, 5.41) is 9.10. The molecule has 1 amide bonds. The van der Waals surface area contributed by atoms with Gasteiger partial charge in [-0.25, -0.2) is 13.8 Å². The van der Waals surface area contributed by atoms with Crippen molar-refractivity contribution in [3.05, 3.63) is 52.3 Å². The lowest BCUT2D eigenvalue weighted by atomic mass is 9.86. The van der Waals surface area contributed by atoms with Crippen LogP contribution in [0.5, 0.6) is 5.75 Å². The maximum Gasteiger partial charge on any atom is 0.238 e. The van der Waals surface area contributed by atoms with Crippen LogP contribution in [0.1, 0.15) is 35.2 Å². The van der Waals surface area contributed by atoms with Crippen molar-refractivity contribution in [2.24, 2.45) is 0 Å². The molecule has 1 aliphatic carbocycles. The fourth-order valence-electron chi connectivity index (χ4n) is 3.82. The number of aromatic nitrogens is 1. The van der Waals surface area contributed by atoms with E-state index in [9.17, 15) is 4.79 Å². The minimum atomic E-state index is -0.936. The number of carbonyl (C=O) groups excluding carboxylic acids is 1. The van der Waals surface area contributed by atoms with Crippen LogP contribution < -0.4 is 9.64 Å². The molecule has 0 radical (unpaired) electrons. The number of hydrogen-bond donors (Lipinski definition) is 0. The number of nitriles is 1. The Hall–Kier alpha value is -3.05. The van der Waals surface area contributed by atoms with E-state index in [1.807, 2.05) is 6.07 Å². The molecule has 1 aliphatic heterocycles. The molecule has 0 atom stereocenters. The Morgan fingerprint density at radius 2 is 2.04 bits per heavy atom. The second-order valence-corrected chi connectivity index (χ2v) is 6.96. The predicted molar refractivity (Wildman–Crippen MR) is 94.7 cm³/mol. The summed E-state index contributed by atoms with van der Waals surface area (Å²) in [5.74, 6) is -2.34. The molecular weight excluding hydrogens is 368 g/mol. The van der Waals surface area contributed by atoms with Gasteiger partial charge in [0.2, 0.25) is 5.91 Å². The van der Waals surface area contributed by atoms with Gasteiger partial charge in [0.15, 0.2) is 17.4 Å². The summed E-state index contributed by atoms with van der Waals surface area (Å²) < 4.78 is 40.2. The highest BCUT2D eigenvalue weighted by molar-refractivity contribution is 6.05. The Bertz CT molecular complexity index is 1030. The van der Waals surface area contributed by atoms with Crippen LogP contribution >= 0.6 is 0 Å². The smallest absolute Gasteiger partial charge is 0.238 e. The number of halogens is 2. The first-order chi connectivity index (χ1) is 13.5. The van der Waals surface area contributed by atoms with E-state index >= 15 is 8.78 Å². The number of ether oxygens (including phenoxy) is 2. The van der Waals surface area contributed by atoms with Crippen LogP contribution in [0.3, 0.4) is 0 Å². The van der Waals surface area contributed by atoms with E-state index in [2.05, 4.69) is 4.98 Å². The molecule has 1 fully saturated rings. The topological polar surface area (TPSA) is 75.5 Å². The second kappa shape index (κ2) is 6.53. The molecule has 2 heterocycles. The molecule has 2 aliphatic rings. The molecule has 0 bridgehead atoms. The summed E-state index contributed by atoms with van der Waals surface area (Å²) in [6.45, 7) is -0.131. The second-order valence-electron chi connectivity index (χ2n) is 6.96. The number of amides is 1. The highest BCUT2D eigenvalue weighted by Gasteiger charge is 2.57. The molecule has 2 aromatic rings. The molecule has 1 aromatic heterocycles. The zero-order valence-electron chi connectivity index (χ0n) is 15.4. The van der Waals surface area contributed by atoms with Crippen molar-refractivity contribution < 1.29 is 23.0 Å². The number of fused-ring (bicyclic) bond motifs is 2. The lowest BCUT2D eigenvalue weighted by Crippen LogP contribution is -2.45. The van der Waals surface area contributed by atoms with E-state index in [1.165, 1.54) is 26.5 Å². The molecule has 6 nitrogen and oxygen atoms in total. The number of anilines is 1. The van der Waals surface area contributed by atoms with Gasteiger partial charge in [0.25, 0.3) is 0 Å². The van der Waals surface area contributed by atoms with Crippen molar-refractivity contribution in [1.82, 2.24) is 4.98 Å². The molecule has 1 saturated carbocycles. The van der Waals surface area contributed by atoms with Crippen LogP contribution in [0, 0.1) is 23.0 Å². The summed E-state index contributed by atoms with van der Waals surface area (Å²) in [6, 6.07) is 4.80. The molecule has 0 N–H and O–H groups in total. The van der Waals surface area contributed by atoms with Crippen LogP contribution in [0.4, 0.5) is 14.5 Å². The van der Waals surface area contributed by atoms with Gasteiger partial charge in [-0.1, -0.05) is 0 Å². The van der Waals surface area contributed by atoms with E-state index in [1.54, 1.807) is 6.07 Å². The van der Waals surface area contributed by atoms with Crippen LogP contribution in [-0.4, -0.2) is 25.1 Å². The third kappa shape index (κ3) is 2.54. The SMILES string of the molecule is COCc1cc(OC)c(F)c(N2Cc3cnc(C#N)cc3C3(CC3)C2=O)c1F. The van der Waals surface area contributed by atoms with Crippen molar-refractivity contribution in [2.45, 2.75) is 31.4 Å². The number of methoxy groups -OCH3 is 2. The summed E-state index contributed by atoms with van der Waals surface area (Å²) >= 11 is 0. The van der Waals surface area contributed by atoms with E-state index in [-0.39, 0.29) is 36.1 Å². The number of nitrogens with zero attached hydrogens (tertiary/aromatic N) is 3. The van der Waals surface area contributed by atoms with Crippen LogP contribution in [0.15, 0.2) is 18.3 Å². The van der Waals surface area contributed by atoms with Gasteiger partial charge in [-0.05, 0) is 36.1 Å². The lowest BCUT2D eigenvalue weighted by Gasteiger charge is -2.35. The third-order valence-electron chi connectivity index (χ3n) is 5.36. The monoisotopic (exact) mass is 385 g/mol. The predicted octanol–water partition coefficient (Wildman–Crippen LogP) is 2.96. The zero-order valence-corrected chi connectivity index (χ0v) is 15.4. The Kier molecular flexibility index (Phi) is 4.27. The van der Waals surface area contributed by atoms with E-state index in [0.717, 1.165) is 10.5 Å². The van der Waals surface area contributed by atoms with Gasteiger partial charge in [0.05, 0.1) is 25.7 Å². The maximum atomic E-state index is 15.1. The quantitative estimate of drug-likeness (QED) is 0.809. The van der Waals surface area contributed by atoms with Crippen molar-refractivity contribution in [3.63, 3.8) is 0 Å². The minimum Gasteiger partial charge on any atom is -0.494 e. The summed E-state index contributed by atoms with van der Waals surface area (Å²) in [6.07, 6.45) is 2.62. The molecule has 4 rings (SSSR count). The van der Waals surface area contributed by atoms with E-state index < -0.39 is 22.7 Å². The average Bonchev–Trinajstić information content (AvgIpc) is 3.49. The Balaban J connectivity index is 1.88. The number of benzene rings is 1. The molecule has 8 heteroatoms. The van der Waals surface area contributed by atoms with Crippen LogP contribution in [-0.2, 0) is 28.1 Å². The van der Waals surface area contributed by atoms with Gasteiger partial charge in [0, 0.05) is 18.9 Å². The number of rotatable bonds is 4. The maximum absolute atomic E-state index is 15.1. The van der Waals surface area contributed by atoms with Crippen molar-refractivity contribution in [3.8, 4) is 11.8 Å². The van der Waals surface area contributed by atoms with Crippen LogP contribution in [0.25, 0.3) is 0 Å². The summed E-state index contributed by atoms with van der Waals surface area (Å²) in [5.41, 5.74) is 0.403. The largest absolute Gasteiger partial charge is 0.494 e. The van der Waals surface area contributed by atoms with E-state index in [0.29, 0.717) is 18.4 Å².